The number of hydrogen-bond acceptors (Lipinski definition) is 6. The fraction of sp³-hybridized carbons (Fsp3) is 0.727. The Hall–Kier alpha value is -1.12. The van der Waals surface area contributed by atoms with Gasteiger partial charge in [-0.05, 0) is 12.8 Å². The van der Waals surface area contributed by atoms with Crippen molar-refractivity contribution in [1.29, 1.82) is 0 Å². The standard InChI is InChI=1S/C11H19N5O2S/c17-10(3-6-16-5-1-2-7-18-16)12-4-8-19-11-13-9-14-15-11/h9H,1-8H2,(H,12,17)(H,13,14,15). The Morgan fingerprint density at radius 3 is 3.26 bits per heavy atom. The van der Waals surface area contributed by atoms with Gasteiger partial charge >= 0.3 is 0 Å². The zero-order valence-electron chi connectivity index (χ0n) is 10.8. The van der Waals surface area contributed by atoms with E-state index in [1.807, 2.05) is 5.06 Å². The number of aromatic amines is 1. The van der Waals surface area contributed by atoms with Crippen molar-refractivity contribution < 1.29 is 9.63 Å². The minimum atomic E-state index is 0.0624. The lowest BCUT2D eigenvalue weighted by Gasteiger charge is -2.25. The molecule has 0 radical (unpaired) electrons. The van der Waals surface area contributed by atoms with E-state index in [1.54, 1.807) is 0 Å². The highest BCUT2D eigenvalue weighted by molar-refractivity contribution is 7.99. The molecule has 2 rings (SSSR count). The number of amides is 1. The van der Waals surface area contributed by atoms with Crippen molar-refractivity contribution in [2.24, 2.45) is 0 Å². The van der Waals surface area contributed by atoms with Gasteiger partial charge < -0.3 is 5.32 Å². The van der Waals surface area contributed by atoms with Crippen LogP contribution in [0.25, 0.3) is 0 Å². The summed E-state index contributed by atoms with van der Waals surface area (Å²) in [6.45, 7) is 3.00. The van der Waals surface area contributed by atoms with Crippen molar-refractivity contribution >= 4 is 17.7 Å². The van der Waals surface area contributed by atoms with E-state index in [0.29, 0.717) is 19.5 Å². The molecule has 1 amide bonds. The van der Waals surface area contributed by atoms with E-state index in [9.17, 15) is 4.79 Å². The molecule has 0 atom stereocenters. The summed E-state index contributed by atoms with van der Waals surface area (Å²) < 4.78 is 0. The number of carbonyl (C=O) groups excluding carboxylic acids is 1. The van der Waals surface area contributed by atoms with E-state index in [1.165, 1.54) is 18.1 Å². The van der Waals surface area contributed by atoms with Crippen molar-refractivity contribution in [2.75, 3.05) is 32.0 Å². The van der Waals surface area contributed by atoms with Crippen LogP contribution in [0.5, 0.6) is 0 Å². The van der Waals surface area contributed by atoms with Gasteiger partial charge in [0.1, 0.15) is 6.33 Å². The summed E-state index contributed by atoms with van der Waals surface area (Å²) in [5, 5.41) is 12.0. The van der Waals surface area contributed by atoms with Crippen LogP contribution in [-0.2, 0) is 9.63 Å². The molecule has 7 nitrogen and oxygen atoms in total. The van der Waals surface area contributed by atoms with Crippen LogP contribution in [0.15, 0.2) is 11.5 Å². The molecule has 0 bridgehead atoms. The van der Waals surface area contributed by atoms with Crippen LogP contribution < -0.4 is 5.32 Å². The van der Waals surface area contributed by atoms with Gasteiger partial charge in [0.15, 0.2) is 5.16 Å². The van der Waals surface area contributed by atoms with Crippen molar-refractivity contribution in [3.63, 3.8) is 0 Å². The first-order chi connectivity index (χ1) is 9.34. The van der Waals surface area contributed by atoms with E-state index < -0.39 is 0 Å². The molecule has 0 spiro atoms. The Morgan fingerprint density at radius 1 is 1.58 bits per heavy atom. The predicted octanol–water partition coefficient (Wildman–Crippen LogP) is 0.430. The molecule has 1 aromatic rings. The Kier molecular flexibility index (Phi) is 6.12. The van der Waals surface area contributed by atoms with E-state index >= 15 is 0 Å². The maximum atomic E-state index is 11.6. The molecule has 1 saturated heterocycles. The SMILES string of the molecule is O=C(CCN1CCCCO1)NCCSc1ncn[nH]1. The summed E-state index contributed by atoms with van der Waals surface area (Å²) >= 11 is 1.54. The van der Waals surface area contributed by atoms with Crippen molar-refractivity contribution in [1.82, 2.24) is 25.6 Å². The molecule has 1 fully saturated rings. The van der Waals surface area contributed by atoms with Crippen LogP contribution in [0.4, 0.5) is 0 Å². The van der Waals surface area contributed by atoms with Gasteiger partial charge in [0.05, 0.1) is 6.61 Å². The topological polar surface area (TPSA) is 83.1 Å². The molecule has 0 aliphatic carbocycles. The largest absolute Gasteiger partial charge is 0.355 e. The van der Waals surface area contributed by atoms with E-state index in [0.717, 1.165) is 36.9 Å². The Labute approximate surface area is 116 Å². The second-order valence-electron chi connectivity index (χ2n) is 4.21. The van der Waals surface area contributed by atoms with Crippen LogP contribution in [-0.4, -0.2) is 58.1 Å². The van der Waals surface area contributed by atoms with Crippen LogP contribution in [0, 0.1) is 0 Å². The molecule has 106 valence electrons. The van der Waals surface area contributed by atoms with Gasteiger partial charge in [0.25, 0.3) is 0 Å². The van der Waals surface area contributed by atoms with E-state index in [4.69, 9.17) is 4.84 Å². The number of hydrogen-bond donors (Lipinski definition) is 2. The molecule has 0 saturated carbocycles. The second-order valence-corrected chi connectivity index (χ2v) is 5.29. The molecule has 19 heavy (non-hydrogen) atoms. The van der Waals surface area contributed by atoms with Crippen molar-refractivity contribution in [3.8, 4) is 0 Å². The fourth-order valence-electron chi connectivity index (χ4n) is 1.74. The molecule has 1 aliphatic rings. The first-order valence-electron chi connectivity index (χ1n) is 6.47. The van der Waals surface area contributed by atoms with Crippen LogP contribution in [0.2, 0.25) is 0 Å². The third kappa shape index (κ3) is 5.58. The van der Waals surface area contributed by atoms with Crippen LogP contribution >= 0.6 is 11.8 Å². The highest BCUT2D eigenvalue weighted by Gasteiger charge is 2.12. The van der Waals surface area contributed by atoms with Gasteiger partial charge in [-0.15, -0.1) is 0 Å². The number of hydroxylamine groups is 2. The Morgan fingerprint density at radius 2 is 2.53 bits per heavy atom. The van der Waals surface area contributed by atoms with Gasteiger partial charge in [-0.25, -0.2) is 4.98 Å². The Bertz CT molecular complexity index is 367. The molecule has 1 aromatic heterocycles. The highest BCUT2D eigenvalue weighted by Crippen LogP contribution is 2.09. The minimum Gasteiger partial charge on any atom is -0.355 e. The lowest BCUT2D eigenvalue weighted by Crippen LogP contribution is -2.34. The molecule has 0 unspecified atom stereocenters. The number of thioether (sulfide) groups is 1. The summed E-state index contributed by atoms with van der Waals surface area (Å²) in [6, 6.07) is 0. The summed E-state index contributed by atoms with van der Waals surface area (Å²) in [6.07, 6.45) is 4.21. The number of carbonyl (C=O) groups is 1. The van der Waals surface area contributed by atoms with Gasteiger partial charge in [0.2, 0.25) is 5.91 Å². The third-order valence-corrected chi connectivity index (χ3v) is 3.60. The highest BCUT2D eigenvalue weighted by atomic mass is 32.2. The monoisotopic (exact) mass is 285 g/mol. The molecular weight excluding hydrogens is 266 g/mol. The number of nitrogens with zero attached hydrogens (tertiary/aromatic N) is 3. The van der Waals surface area contributed by atoms with Crippen molar-refractivity contribution in [2.45, 2.75) is 24.4 Å². The zero-order valence-corrected chi connectivity index (χ0v) is 11.6. The van der Waals surface area contributed by atoms with Crippen molar-refractivity contribution in [3.05, 3.63) is 6.33 Å². The number of H-pyrrole nitrogens is 1. The Balaban J connectivity index is 1.49. The number of rotatable bonds is 7. The minimum absolute atomic E-state index is 0.0624. The lowest BCUT2D eigenvalue weighted by molar-refractivity contribution is -0.181. The molecule has 1 aliphatic heterocycles. The molecule has 0 aromatic carbocycles. The second kappa shape index (κ2) is 8.13. The quantitative estimate of drug-likeness (QED) is 0.558. The average molecular weight is 285 g/mol. The van der Waals surface area contributed by atoms with E-state index in [-0.39, 0.29) is 5.91 Å². The first-order valence-corrected chi connectivity index (χ1v) is 7.46. The lowest BCUT2D eigenvalue weighted by atomic mass is 10.3. The zero-order chi connectivity index (χ0) is 13.3. The number of nitrogens with one attached hydrogen (secondary N) is 2. The first kappa shape index (κ1) is 14.3. The summed E-state index contributed by atoms with van der Waals surface area (Å²) in [4.78, 5) is 21.0. The average Bonchev–Trinajstić information content (AvgIpc) is 2.96. The number of aromatic nitrogens is 3. The molecule has 8 heteroatoms. The maximum absolute atomic E-state index is 11.6. The maximum Gasteiger partial charge on any atom is 0.221 e. The summed E-state index contributed by atoms with van der Waals surface area (Å²) in [5.74, 6) is 0.841. The molecular formula is C11H19N5O2S. The summed E-state index contributed by atoms with van der Waals surface area (Å²) in [7, 11) is 0. The fourth-order valence-corrected chi connectivity index (χ4v) is 2.38. The van der Waals surface area contributed by atoms with Crippen LogP contribution in [0.3, 0.4) is 0 Å². The third-order valence-electron chi connectivity index (χ3n) is 2.72. The predicted molar refractivity (Wildman–Crippen MR) is 71.5 cm³/mol. The summed E-state index contributed by atoms with van der Waals surface area (Å²) in [5.41, 5.74) is 0. The smallest absolute Gasteiger partial charge is 0.221 e. The molecule has 2 heterocycles. The van der Waals surface area contributed by atoms with Gasteiger partial charge in [-0.3, -0.25) is 14.7 Å². The van der Waals surface area contributed by atoms with E-state index in [2.05, 4.69) is 20.5 Å². The normalized spacial score (nSPS) is 16.4. The van der Waals surface area contributed by atoms with Crippen LogP contribution in [0.1, 0.15) is 19.3 Å². The molecule has 2 N–H and O–H groups in total. The van der Waals surface area contributed by atoms with Gasteiger partial charge in [-0.1, -0.05) is 11.8 Å². The van der Waals surface area contributed by atoms with Gasteiger partial charge in [0, 0.05) is 31.8 Å². The van der Waals surface area contributed by atoms with Gasteiger partial charge in [-0.2, -0.15) is 10.2 Å².